The van der Waals surface area contributed by atoms with E-state index in [1.165, 1.54) is 6.08 Å². The van der Waals surface area contributed by atoms with Crippen molar-refractivity contribution < 1.29 is 14.5 Å². The molecular weight excluding hydrogens is 230 g/mol. The van der Waals surface area contributed by atoms with Gasteiger partial charge in [-0.25, -0.2) is 9.68 Å². The maximum atomic E-state index is 11.6. The zero-order valence-electron chi connectivity index (χ0n) is 10.6. The molecule has 96 valence electrons. The summed E-state index contributed by atoms with van der Waals surface area (Å²) in [7, 11) is 0. The third-order valence-electron chi connectivity index (χ3n) is 2.49. The lowest BCUT2D eigenvalue weighted by Crippen LogP contribution is -2.48. The first-order valence-electron chi connectivity index (χ1n) is 6.06. The molecule has 1 saturated heterocycles. The highest BCUT2D eigenvalue weighted by Crippen LogP contribution is 2.22. The lowest BCUT2D eigenvalue weighted by molar-refractivity contribution is -0.538. The van der Waals surface area contributed by atoms with Crippen molar-refractivity contribution in [3.05, 3.63) is 42.0 Å². The molecule has 0 aliphatic carbocycles. The van der Waals surface area contributed by atoms with E-state index in [-0.39, 0.29) is 12.2 Å². The number of carbonyl (C=O) groups excluding carboxylic acids is 1. The Balaban J connectivity index is 1.79. The largest absolute Gasteiger partial charge is 0.297 e. The molecule has 0 spiro atoms. The van der Waals surface area contributed by atoms with E-state index in [0.717, 1.165) is 17.2 Å². The van der Waals surface area contributed by atoms with Crippen molar-refractivity contribution >= 4 is 12.0 Å². The van der Waals surface area contributed by atoms with Gasteiger partial charge in [0.1, 0.15) is 0 Å². The van der Waals surface area contributed by atoms with Crippen LogP contribution in [0.5, 0.6) is 0 Å². The minimum atomic E-state index is -0.307. The molecule has 4 nitrogen and oxygen atoms in total. The molecule has 1 amide bonds. The molecule has 1 fully saturated rings. The van der Waals surface area contributed by atoms with Crippen LogP contribution in [0.1, 0.15) is 25.8 Å². The van der Waals surface area contributed by atoms with Crippen LogP contribution in [0.3, 0.4) is 0 Å². The molecule has 0 radical (unpaired) electrons. The second-order valence-electron chi connectivity index (χ2n) is 4.61. The van der Waals surface area contributed by atoms with Crippen LogP contribution in [0.25, 0.3) is 6.08 Å². The van der Waals surface area contributed by atoms with Gasteiger partial charge in [-0.2, -0.15) is 0 Å². The van der Waals surface area contributed by atoms with Gasteiger partial charge in [-0.05, 0) is 17.6 Å². The molecule has 1 aromatic rings. The summed E-state index contributed by atoms with van der Waals surface area (Å²) in [5, 5.41) is 0.923. The summed E-state index contributed by atoms with van der Waals surface area (Å²) in [5.41, 5.74) is 0.963. The predicted molar refractivity (Wildman–Crippen MR) is 67.7 cm³/mol. The highest BCUT2D eigenvalue weighted by molar-refractivity contribution is 5.90. The number of amides is 1. The predicted octanol–water partition coefficient (Wildman–Crippen LogP) is 2.78. The normalized spacial score (nSPS) is 16.3. The topological polar surface area (TPSA) is 38.8 Å². The summed E-state index contributed by atoms with van der Waals surface area (Å²) < 4.78 is 0. The summed E-state index contributed by atoms with van der Waals surface area (Å²) in [6.07, 6.45) is 3.65. The number of rotatable bonds is 4. The Morgan fingerprint density at radius 1 is 1.33 bits per heavy atom. The number of hydrogen-bond acceptors (Lipinski definition) is 3. The second-order valence-corrected chi connectivity index (χ2v) is 4.61. The number of hydroxylamine groups is 2. The van der Waals surface area contributed by atoms with Crippen molar-refractivity contribution in [1.29, 1.82) is 0 Å². The van der Waals surface area contributed by atoms with Gasteiger partial charge in [0.25, 0.3) is 5.91 Å². The standard InChI is InChI=1S/C14H17NO3/c1-11(2)10-14-17-15(18-14)13(16)9-8-12-6-4-3-5-7-12/h3-9,11,14H,10H2,1-2H3/b9-8+. The van der Waals surface area contributed by atoms with E-state index in [1.54, 1.807) is 6.08 Å². The Morgan fingerprint density at radius 2 is 2.00 bits per heavy atom. The van der Waals surface area contributed by atoms with Crippen molar-refractivity contribution in [2.24, 2.45) is 5.92 Å². The van der Waals surface area contributed by atoms with Gasteiger partial charge in [-0.1, -0.05) is 49.4 Å². The van der Waals surface area contributed by atoms with Crippen LogP contribution in [-0.2, 0) is 14.5 Å². The molecule has 0 aromatic heterocycles. The maximum absolute atomic E-state index is 11.6. The van der Waals surface area contributed by atoms with Gasteiger partial charge in [0.05, 0.1) is 0 Å². The first kappa shape index (κ1) is 12.8. The number of hydrogen-bond donors (Lipinski definition) is 0. The molecule has 1 heterocycles. The van der Waals surface area contributed by atoms with Crippen molar-refractivity contribution in [3.8, 4) is 0 Å². The molecule has 1 aromatic carbocycles. The SMILES string of the molecule is CC(C)CC1ON(C(=O)/C=C/c2ccccc2)O1. The fraction of sp³-hybridized carbons (Fsp3) is 0.357. The highest BCUT2D eigenvalue weighted by atomic mass is 17.1. The van der Waals surface area contributed by atoms with Crippen LogP contribution in [0.2, 0.25) is 0 Å². The zero-order valence-corrected chi connectivity index (χ0v) is 10.6. The zero-order chi connectivity index (χ0) is 13.0. The molecule has 0 atom stereocenters. The minimum Gasteiger partial charge on any atom is -0.265 e. The Hall–Kier alpha value is -1.65. The van der Waals surface area contributed by atoms with Gasteiger partial charge in [0, 0.05) is 12.5 Å². The molecule has 2 rings (SSSR count). The summed E-state index contributed by atoms with van der Waals surface area (Å²) >= 11 is 0. The fourth-order valence-corrected chi connectivity index (χ4v) is 1.59. The summed E-state index contributed by atoms with van der Waals surface area (Å²) in [6, 6.07) is 9.60. The smallest absolute Gasteiger partial charge is 0.265 e. The average Bonchev–Trinajstić information content (AvgIpc) is 2.31. The Morgan fingerprint density at radius 3 is 2.61 bits per heavy atom. The molecule has 0 unspecified atom stereocenters. The van der Waals surface area contributed by atoms with Crippen LogP contribution in [0, 0.1) is 5.92 Å². The van der Waals surface area contributed by atoms with E-state index in [0.29, 0.717) is 5.92 Å². The second kappa shape index (κ2) is 5.80. The summed E-state index contributed by atoms with van der Waals surface area (Å²) in [4.78, 5) is 22.0. The molecule has 1 aliphatic heterocycles. The van der Waals surface area contributed by atoms with Crippen molar-refractivity contribution in [3.63, 3.8) is 0 Å². The summed E-state index contributed by atoms with van der Waals surface area (Å²) in [6.45, 7) is 4.15. The average molecular weight is 247 g/mol. The van der Waals surface area contributed by atoms with Crippen molar-refractivity contribution in [2.75, 3.05) is 0 Å². The van der Waals surface area contributed by atoms with Crippen LogP contribution in [0.4, 0.5) is 0 Å². The van der Waals surface area contributed by atoms with Crippen molar-refractivity contribution in [2.45, 2.75) is 26.6 Å². The molecule has 4 heteroatoms. The highest BCUT2D eigenvalue weighted by Gasteiger charge is 2.33. The van der Waals surface area contributed by atoms with Crippen molar-refractivity contribution in [1.82, 2.24) is 5.23 Å². The van der Waals surface area contributed by atoms with Gasteiger partial charge in [-0.3, -0.25) is 4.79 Å². The lowest BCUT2D eigenvalue weighted by atomic mass is 10.1. The molecule has 18 heavy (non-hydrogen) atoms. The van der Waals surface area contributed by atoms with Crippen LogP contribution in [-0.4, -0.2) is 17.4 Å². The molecule has 0 saturated carbocycles. The van der Waals surface area contributed by atoms with Crippen LogP contribution in [0.15, 0.2) is 36.4 Å². The van der Waals surface area contributed by atoms with E-state index in [1.807, 2.05) is 30.3 Å². The maximum Gasteiger partial charge on any atom is 0.297 e. The Bertz CT molecular complexity index is 422. The van der Waals surface area contributed by atoms with E-state index in [4.69, 9.17) is 9.68 Å². The third kappa shape index (κ3) is 3.42. The molecular formula is C14H17NO3. The quantitative estimate of drug-likeness (QED) is 0.768. The van der Waals surface area contributed by atoms with Gasteiger partial charge in [0.15, 0.2) is 0 Å². The minimum absolute atomic E-state index is 0.293. The monoisotopic (exact) mass is 247 g/mol. The molecule has 0 bridgehead atoms. The van der Waals surface area contributed by atoms with E-state index in [9.17, 15) is 4.79 Å². The first-order chi connectivity index (χ1) is 8.65. The third-order valence-corrected chi connectivity index (χ3v) is 2.49. The fourth-order valence-electron chi connectivity index (χ4n) is 1.59. The van der Waals surface area contributed by atoms with Gasteiger partial charge in [0.2, 0.25) is 6.29 Å². The van der Waals surface area contributed by atoms with E-state index >= 15 is 0 Å². The van der Waals surface area contributed by atoms with Gasteiger partial charge < -0.3 is 0 Å². The Labute approximate surface area is 107 Å². The van der Waals surface area contributed by atoms with Gasteiger partial charge >= 0.3 is 0 Å². The number of nitrogens with zero attached hydrogens (tertiary/aromatic N) is 1. The lowest BCUT2D eigenvalue weighted by Gasteiger charge is -2.36. The molecule has 1 aliphatic rings. The van der Waals surface area contributed by atoms with Crippen LogP contribution >= 0.6 is 0 Å². The summed E-state index contributed by atoms with van der Waals surface area (Å²) in [5.74, 6) is 0.172. The number of benzene rings is 1. The molecule has 0 N–H and O–H groups in total. The van der Waals surface area contributed by atoms with E-state index < -0.39 is 0 Å². The van der Waals surface area contributed by atoms with Gasteiger partial charge in [-0.15, -0.1) is 0 Å². The number of carbonyl (C=O) groups is 1. The first-order valence-corrected chi connectivity index (χ1v) is 6.06. The van der Waals surface area contributed by atoms with E-state index in [2.05, 4.69) is 13.8 Å². The van der Waals surface area contributed by atoms with Crippen LogP contribution < -0.4 is 0 Å². The Kier molecular flexibility index (Phi) is 4.12.